The molecule has 4 aromatic rings. The summed E-state index contributed by atoms with van der Waals surface area (Å²) in [5, 5.41) is 3.68. The first-order chi connectivity index (χ1) is 13.6. The summed E-state index contributed by atoms with van der Waals surface area (Å²) in [6.45, 7) is 4.15. The molecule has 0 bridgehead atoms. The van der Waals surface area contributed by atoms with Crippen LogP contribution in [-0.2, 0) is 4.79 Å². The van der Waals surface area contributed by atoms with Crippen molar-refractivity contribution in [3.05, 3.63) is 95.1 Å². The molecule has 3 nitrogen and oxygen atoms in total. The van der Waals surface area contributed by atoms with Gasteiger partial charge in [0.05, 0.1) is 10.2 Å². The number of amides is 1. The highest BCUT2D eigenvalue weighted by atomic mass is 32.1. The van der Waals surface area contributed by atoms with Gasteiger partial charge in [-0.05, 0) is 42.2 Å². The van der Waals surface area contributed by atoms with Gasteiger partial charge in [-0.1, -0.05) is 78.1 Å². The maximum atomic E-state index is 12.9. The van der Waals surface area contributed by atoms with Crippen LogP contribution in [0.25, 0.3) is 10.2 Å². The zero-order chi connectivity index (χ0) is 19.5. The third kappa shape index (κ3) is 3.97. The zero-order valence-electron chi connectivity index (χ0n) is 16.0. The van der Waals surface area contributed by atoms with E-state index < -0.39 is 0 Å². The monoisotopic (exact) mass is 386 g/mol. The molecule has 4 rings (SSSR count). The Morgan fingerprint density at radius 3 is 2.18 bits per heavy atom. The molecule has 0 saturated carbocycles. The highest BCUT2D eigenvalue weighted by Crippen LogP contribution is 2.31. The van der Waals surface area contributed by atoms with Crippen molar-refractivity contribution in [1.82, 2.24) is 4.98 Å². The van der Waals surface area contributed by atoms with E-state index in [1.165, 1.54) is 22.5 Å². The number of fused-ring (bicyclic) bond motifs is 1. The van der Waals surface area contributed by atoms with Crippen molar-refractivity contribution >= 4 is 32.6 Å². The van der Waals surface area contributed by atoms with E-state index in [1.54, 1.807) is 0 Å². The molecule has 0 spiro atoms. The molecular weight excluding hydrogens is 364 g/mol. The fourth-order valence-corrected chi connectivity index (χ4v) is 4.52. The van der Waals surface area contributed by atoms with Crippen LogP contribution in [0.1, 0.15) is 34.6 Å². The van der Waals surface area contributed by atoms with Crippen molar-refractivity contribution < 1.29 is 4.79 Å². The number of aromatic nitrogens is 1. The van der Waals surface area contributed by atoms with E-state index in [9.17, 15) is 4.79 Å². The van der Waals surface area contributed by atoms with Crippen molar-refractivity contribution in [3.8, 4) is 0 Å². The molecule has 1 aromatic heterocycles. The minimum absolute atomic E-state index is 0.0146. The standard InChI is InChI=1S/C24H22N2OS/c1-16-13-17(2)23-21(14-16)25-24(28-23)26-22(27)15-20(18-9-5-3-6-10-18)19-11-7-4-8-12-19/h3-14,20H,15H2,1-2H3,(H,25,26,27). The topological polar surface area (TPSA) is 42.0 Å². The molecule has 28 heavy (non-hydrogen) atoms. The number of rotatable bonds is 5. The van der Waals surface area contributed by atoms with Crippen LogP contribution in [0.4, 0.5) is 5.13 Å². The Bertz CT molecular complexity index is 1060. The van der Waals surface area contributed by atoms with Gasteiger partial charge in [-0.2, -0.15) is 0 Å². The lowest BCUT2D eigenvalue weighted by Crippen LogP contribution is -2.16. The van der Waals surface area contributed by atoms with Crippen LogP contribution in [0.2, 0.25) is 0 Å². The quantitative estimate of drug-likeness (QED) is 0.452. The number of anilines is 1. The normalized spacial score (nSPS) is 11.1. The molecule has 3 aromatic carbocycles. The van der Waals surface area contributed by atoms with Gasteiger partial charge in [-0.15, -0.1) is 0 Å². The average Bonchev–Trinajstić information content (AvgIpc) is 3.10. The number of benzene rings is 3. The number of nitrogens with zero attached hydrogens (tertiary/aromatic N) is 1. The van der Waals surface area contributed by atoms with Gasteiger partial charge in [-0.25, -0.2) is 4.98 Å². The third-order valence-electron chi connectivity index (χ3n) is 4.86. The van der Waals surface area contributed by atoms with Gasteiger partial charge in [0.2, 0.25) is 5.91 Å². The highest BCUT2D eigenvalue weighted by Gasteiger charge is 2.19. The number of carbonyl (C=O) groups is 1. The molecule has 1 amide bonds. The van der Waals surface area contributed by atoms with Gasteiger partial charge in [0, 0.05) is 12.3 Å². The number of aryl methyl sites for hydroxylation is 2. The Labute approximate surface area is 169 Å². The summed E-state index contributed by atoms with van der Waals surface area (Å²) in [6.07, 6.45) is 0.377. The molecule has 1 heterocycles. The Hall–Kier alpha value is -2.98. The summed E-state index contributed by atoms with van der Waals surface area (Å²) in [6, 6.07) is 24.6. The van der Waals surface area contributed by atoms with Gasteiger partial charge in [-0.3, -0.25) is 4.79 Å². The van der Waals surface area contributed by atoms with Crippen LogP contribution in [0.15, 0.2) is 72.8 Å². The van der Waals surface area contributed by atoms with Crippen LogP contribution in [-0.4, -0.2) is 10.9 Å². The summed E-state index contributed by atoms with van der Waals surface area (Å²) in [4.78, 5) is 17.5. The molecule has 4 heteroatoms. The first-order valence-electron chi connectivity index (χ1n) is 9.37. The third-order valence-corrected chi connectivity index (χ3v) is 5.98. The van der Waals surface area contributed by atoms with E-state index in [1.807, 2.05) is 36.4 Å². The summed E-state index contributed by atoms with van der Waals surface area (Å²) < 4.78 is 1.13. The SMILES string of the molecule is Cc1cc(C)c2sc(NC(=O)CC(c3ccccc3)c3ccccc3)nc2c1. The van der Waals surface area contributed by atoms with Crippen LogP contribution in [0.5, 0.6) is 0 Å². The van der Waals surface area contributed by atoms with Crippen LogP contribution < -0.4 is 5.32 Å². The average molecular weight is 387 g/mol. The molecule has 1 N–H and O–H groups in total. The number of nitrogens with one attached hydrogen (secondary N) is 1. The second-order valence-electron chi connectivity index (χ2n) is 7.08. The molecule has 0 aliphatic rings. The van der Waals surface area contributed by atoms with E-state index in [4.69, 9.17) is 0 Å². The maximum absolute atomic E-state index is 12.9. The Morgan fingerprint density at radius 2 is 1.57 bits per heavy atom. The summed E-state index contributed by atoms with van der Waals surface area (Å²) >= 11 is 1.54. The maximum Gasteiger partial charge on any atom is 0.227 e. The smallest absolute Gasteiger partial charge is 0.227 e. The van der Waals surface area contributed by atoms with E-state index in [0.717, 1.165) is 21.3 Å². The lowest BCUT2D eigenvalue weighted by atomic mass is 9.88. The summed E-state index contributed by atoms with van der Waals surface area (Å²) in [5.41, 5.74) is 5.60. The van der Waals surface area contributed by atoms with Crippen molar-refractivity contribution in [2.75, 3.05) is 5.32 Å². The number of hydrogen-bond acceptors (Lipinski definition) is 3. The minimum Gasteiger partial charge on any atom is -0.302 e. The predicted molar refractivity (Wildman–Crippen MR) is 117 cm³/mol. The van der Waals surface area contributed by atoms with Crippen molar-refractivity contribution in [1.29, 1.82) is 0 Å². The molecule has 0 radical (unpaired) electrons. The highest BCUT2D eigenvalue weighted by molar-refractivity contribution is 7.22. The summed E-state index contributed by atoms with van der Waals surface area (Å²) in [7, 11) is 0. The number of hydrogen-bond donors (Lipinski definition) is 1. The van der Waals surface area contributed by atoms with Gasteiger partial charge in [0.25, 0.3) is 0 Å². The molecule has 0 atom stereocenters. The van der Waals surface area contributed by atoms with Crippen LogP contribution in [0.3, 0.4) is 0 Å². The Kier molecular flexibility index (Phi) is 5.22. The van der Waals surface area contributed by atoms with Crippen molar-refractivity contribution in [2.24, 2.45) is 0 Å². The largest absolute Gasteiger partial charge is 0.302 e. The first-order valence-corrected chi connectivity index (χ1v) is 10.2. The molecule has 0 aliphatic heterocycles. The van der Waals surface area contributed by atoms with E-state index in [0.29, 0.717) is 11.6 Å². The minimum atomic E-state index is -0.0221. The lowest BCUT2D eigenvalue weighted by Gasteiger charge is -2.17. The van der Waals surface area contributed by atoms with Gasteiger partial charge >= 0.3 is 0 Å². The van der Waals surface area contributed by atoms with Crippen molar-refractivity contribution in [3.63, 3.8) is 0 Å². The van der Waals surface area contributed by atoms with E-state index in [-0.39, 0.29) is 11.8 Å². The van der Waals surface area contributed by atoms with Crippen LogP contribution >= 0.6 is 11.3 Å². The Morgan fingerprint density at radius 1 is 0.964 bits per heavy atom. The molecule has 0 fully saturated rings. The fraction of sp³-hybridized carbons (Fsp3) is 0.167. The number of thiazole rings is 1. The van der Waals surface area contributed by atoms with Gasteiger partial charge < -0.3 is 5.32 Å². The zero-order valence-corrected chi connectivity index (χ0v) is 16.8. The van der Waals surface area contributed by atoms with Gasteiger partial charge in [0.15, 0.2) is 5.13 Å². The molecule has 140 valence electrons. The Balaban J connectivity index is 1.58. The molecule has 0 unspecified atom stereocenters. The second-order valence-corrected chi connectivity index (χ2v) is 8.07. The number of carbonyl (C=O) groups excluding carboxylic acids is 1. The first kappa shape index (κ1) is 18.4. The molecule has 0 aliphatic carbocycles. The van der Waals surface area contributed by atoms with E-state index in [2.05, 4.69) is 60.5 Å². The lowest BCUT2D eigenvalue weighted by molar-refractivity contribution is -0.116. The summed E-state index contributed by atoms with van der Waals surface area (Å²) in [5.74, 6) is -0.00750. The van der Waals surface area contributed by atoms with Crippen molar-refractivity contribution in [2.45, 2.75) is 26.2 Å². The molecule has 0 saturated heterocycles. The van der Waals surface area contributed by atoms with Crippen LogP contribution in [0, 0.1) is 13.8 Å². The second kappa shape index (κ2) is 7.95. The predicted octanol–water partition coefficient (Wildman–Crippen LogP) is 6.07. The molecular formula is C24H22N2OS. The van der Waals surface area contributed by atoms with Gasteiger partial charge in [0.1, 0.15) is 0 Å². The van der Waals surface area contributed by atoms with E-state index >= 15 is 0 Å². The fourth-order valence-electron chi connectivity index (χ4n) is 3.58.